The first-order valence-electron chi connectivity index (χ1n) is 6.65. The van der Waals surface area contributed by atoms with Gasteiger partial charge < -0.3 is 15.0 Å². The molecule has 0 spiro atoms. The smallest absolute Gasteiger partial charge is 0.335 e. The van der Waals surface area contributed by atoms with E-state index in [9.17, 15) is 9.59 Å². The molecule has 0 aliphatic rings. The molecule has 0 unspecified atom stereocenters. The highest BCUT2D eigenvalue weighted by atomic mass is 16.4. The van der Waals surface area contributed by atoms with Crippen LogP contribution in [0.2, 0.25) is 0 Å². The number of rotatable bonds is 5. The monoisotopic (exact) mass is 286 g/mol. The van der Waals surface area contributed by atoms with Crippen molar-refractivity contribution >= 4 is 11.9 Å². The van der Waals surface area contributed by atoms with E-state index in [1.807, 2.05) is 42.9 Å². The van der Waals surface area contributed by atoms with Gasteiger partial charge in [-0.3, -0.25) is 4.79 Å². The molecule has 5 heteroatoms. The van der Waals surface area contributed by atoms with E-state index >= 15 is 0 Å². The Balaban J connectivity index is 1.99. The summed E-state index contributed by atoms with van der Waals surface area (Å²) in [5.41, 5.74) is 0.416. The third-order valence-corrected chi connectivity index (χ3v) is 3.46. The van der Waals surface area contributed by atoms with Crippen LogP contribution in [0.15, 0.2) is 48.8 Å². The summed E-state index contributed by atoms with van der Waals surface area (Å²) in [6, 6.07) is 10.2. The summed E-state index contributed by atoms with van der Waals surface area (Å²) < 4.78 is 1.84. The Hall–Kier alpha value is -2.56. The van der Waals surface area contributed by atoms with Gasteiger partial charge >= 0.3 is 5.97 Å². The van der Waals surface area contributed by atoms with E-state index in [1.54, 1.807) is 12.1 Å². The summed E-state index contributed by atoms with van der Waals surface area (Å²) in [6.45, 7) is 4.05. The molecule has 2 rings (SSSR count). The van der Waals surface area contributed by atoms with Crippen LogP contribution in [-0.4, -0.2) is 21.6 Å². The molecule has 1 heterocycles. The minimum atomic E-state index is -0.959. The number of nitrogens with zero attached hydrogens (tertiary/aromatic N) is 1. The zero-order valence-electron chi connectivity index (χ0n) is 12.0. The van der Waals surface area contributed by atoms with E-state index < -0.39 is 11.5 Å². The van der Waals surface area contributed by atoms with Crippen molar-refractivity contribution < 1.29 is 14.7 Å². The van der Waals surface area contributed by atoms with Crippen molar-refractivity contribution in [1.82, 2.24) is 9.88 Å². The highest BCUT2D eigenvalue weighted by molar-refractivity contribution is 5.87. The van der Waals surface area contributed by atoms with Crippen molar-refractivity contribution in [3.05, 3.63) is 59.9 Å². The first-order chi connectivity index (χ1) is 9.91. The second-order valence-electron chi connectivity index (χ2n) is 5.33. The number of hydrogen-bond donors (Lipinski definition) is 2. The number of aromatic nitrogens is 1. The lowest BCUT2D eigenvalue weighted by Gasteiger charge is -2.25. The first kappa shape index (κ1) is 14.8. The van der Waals surface area contributed by atoms with Crippen LogP contribution in [0.25, 0.3) is 0 Å². The van der Waals surface area contributed by atoms with Gasteiger partial charge in [0.1, 0.15) is 5.54 Å². The van der Waals surface area contributed by atoms with Gasteiger partial charge in [-0.25, -0.2) is 4.79 Å². The highest BCUT2D eigenvalue weighted by Gasteiger charge is 2.28. The number of carbonyl (C=O) groups is 2. The molecule has 5 nitrogen and oxygen atoms in total. The Morgan fingerprint density at radius 2 is 1.71 bits per heavy atom. The number of carboxylic acid groups (broad SMARTS) is 1. The Bertz CT molecular complexity index is 628. The molecule has 0 radical (unpaired) electrons. The van der Waals surface area contributed by atoms with Crippen LogP contribution in [0.4, 0.5) is 0 Å². The summed E-state index contributed by atoms with van der Waals surface area (Å²) >= 11 is 0. The van der Waals surface area contributed by atoms with Crippen molar-refractivity contribution in [3.8, 4) is 0 Å². The molecule has 0 aliphatic heterocycles. The Labute approximate surface area is 123 Å². The fraction of sp³-hybridized carbons (Fsp3) is 0.250. The van der Waals surface area contributed by atoms with Crippen LogP contribution in [0, 0.1) is 0 Å². The number of hydrogen-bond acceptors (Lipinski definition) is 2. The van der Waals surface area contributed by atoms with E-state index in [2.05, 4.69) is 5.32 Å². The molecule has 0 aliphatic carbocycles. The zero-order chi connectivity index (χ0) is 15.5. The fourth-order valence-corrected chi connectivity index (χ4v) is 1.99. The predicted molar refractivity (Wildman–Crippen MR) is 79.0 cm³/mol. The van der Waals surface area contributed by atoms with E-state index in [0.29, 0.717) is 6.54 Å². The number of carboxylic acids is 1. The molecule has 1 amide bonds. The third kappa shape index (κ3) is 3.31. The van der Waals surface area contributed by atoms with Crippen molar-refractivity contribution in [2.75, 3.05) is 0 Å². The van der Waals surface area contributed by atoms with E-state index in [4.69, 9.17) is 5.11 Å². The normalized spacial score (nSPS) is 11.1. The predicted octanol–water partition coefficient (Wildman–Crippen LogP) is 2.24. The third-order valence-electron chi connectivity index (χ3n) is 3.46. The summed E-state index contributed by atoms with van der Waals surface area (Å²) in [5.74, 6) is -1.06. The molecule has 1 aromatic carbocycles. The van der Waals surface area contributed by atoms with E-state index in [0.717, 1.165) is 5.56 Å². The zero-order valence-corrected chi connectivity index (χ0v) is 12.0. The quantitative estimate of drug-likeness (QED) is 0.885. The lowest BCUT2D eigenvalue weighted by molar-refractivity contribution is -0.128. The lowest BCUT2D eigenvalue weighted by Crippen LogP contribution is -2.43. The van der Waals surface area contributed by atoms with Crippen LogP contribution in [0.1, 0.15) is 29.8 Å². The maximum absolute atomic E-state index is 12.3. The van der Waals surface area contributed by atoms with E-state index in [-0.39, 0.29) is 11.5 Å². The number of nitrogens with one attached hydrogen (secondary N) is 1. The highest BCUT2D eigenvalue weighted by Crippen LogP contribution is 2.15. The molecule has 2 aromatic rings. The maximum Gasteiger partial charge on any atom is 0.335 e. The van der Waals surface area contributed by atoms with Crippen molar-refractivity contribution in [3.63, 3.8) is 0 Å². The van der Waals surface area contributed by atoms with Crippen LogP contribution in [0.3, 0.4) is 0 Å². The molecular formula is C16H18N2O3. The molecule has 1 aromatic heterocycles. The maximum atomic E-state index is 12.3. The molecule has 110 valence electrons. The van der Waals surface area contributed by atoms with Gasteiger partial charge in [-0.05, 0) is 43.7 Å². The lowest BCUT2D eigenvalue weighted by atomic mass is 10.0. The average molecular weight is 286 g/mol. The number of carbonyl (C=O) groups excluding carboxylic acids is 1. The minimum Gasteiger partial charge on any atom is -0.478 e. The molecule has 21 heavy (non-hydrogen) atoms. The van der Waals surface area contributed by atoms with Gasteiger partial charge in [-0.2, -0.15) is 0 Å². The summed E-state index contributed by atoms with van der Waals surface area (Å²) in [7, 11) is 0. The van der Waals surface area contributed by atoms with Gasteiger partial charge in [0.2, 0.25) is 5.91 Å². The van der Waals surface area contributed by atoms with Crippen LogP contribution in [0.5, 0.6) is 0 Å². The van der Waals surface area contributed by atoms with Gasteiger partial charge in [-0.1, -0.05) is 12.1 Å². The van der Waals surface area contributed by atoms with E-state index in [1.165, 1.54) is 12.1 Å². The molecule has 2 N–H and O–H groups in total. The standard InChI is InChI=1S/C16H18N2O3/c1-16(2,18-9-3-4-10-18)15(21)17-11-12-5-7-13(8-6-12)14(19)20/h3-10H,11H2,1-2H3,(H,17,21)(H,19,20). The minimum absolute atomic E-state index is 0.0963. The largest absolute Gasteiger partial charge is 0.478 e. The van der Waals surface area contributed by atoms with Gasteiger partial charge in [0.25, 0.3) is 0 Å². The van der Waals surface area contributed by atoms with Gasteiger partial charge in [0.15, 0.2) is 0 Å². The number of aromatic carboxylic acids is 1. The molecule has 0 saturated carbocycles. The fourth-order valence-electron chi connectivity index (χ4n) is 1.99. The Morgan fingerprint density at radius 3 is 2.24 bits per heavy atom. The summed E-state index contributed by atoms with van der Waals surface area (Å²) in [6.07, 6.45) is 3.70. The summed E-state index contributed by atoms with van der Waals surface area (Å²) in [4.78, 5) is 23.1. The van der Waals surface area contributed by atoms with Crippen LogP contribution < -0.4 is 5.32 Å². The SMILES string of the molecule is CC(C)(C(=O)NCc1ccc(C(=O)O)cc1)n1cccc1. The molecule has 0 atom stereocenters. The topological polar surface area (TPSA) is 71.3 Å². The molecule has 0 fully saturated rings. The number of benzene rings is 1. The van der Waals surface area contributed by atoms with Gasteiger partial charge in [-0.15, -0.1) is 0 Å². The second kappa shape index (κ2) is 5.83. The van der Waals surface area contributed by atoms with Crippen molar-refractivity contribution in [1.29, 1.82) is 0 Å². The second-order valence-corrected chi connectivity index (χ2v) is 5.33. The number of amides is 1. The Kier molecular flexibility index (Phi) is 4.12. The summed E-state index contributed by atoms with van der Waals surface area (Å²) in [5, 5.41) is 11.7. The van der Waals surface area contributed by atoms with Crippen LogP contribution in [-0.2, 0) is 16.9 Å². The van der Waals surface area contributed by atoms with Gasteiger partial charge in [0.05, 0.1) is 5.56 Å². The average Bonchev–Trinajstić information content (AvgIpc) is 3.00. The first-order valence-corrected chi connectivity index (χ1v) is 6.65. The Morgan fingerprint density at radius 1 is 1.14 bits per heavy atom. The van der Waals surface area contributed by atoms with Crippen molar-refractivity contribution in [2.24, 2.45) is 0 Å². The van der Waals surface area contributed by atoms with Crippen LogP contribution >= 0.6 is 0 Å². The van der Waals surface area contributed by atoms with Crippen molar-refractivity contribution in [2.45, 2.75) is 25.9 Å². The molecular weight excluding hydrogens is 268 g/mol. The van der Waals surface area contributed by atoms with Gasteiger partial charge in [0, 0.05) is 18.9 Å². The molecule has 0 bridgehead atoms. The molecule has 0 saturated heterocycles.